The van der Waals surface area contributed by atoms with Crippen molar-refractivity contribution < 1.29 is 18.0 Å². The molecule has 5 heteroatoms. The number of nitrogens with zero attached hydrogens (tertiary/aromatic N) is 1. The van der Waals surface area contributed by atoms with Crippen molar-refractivity contribution in [2.75, 3.05) is 0 Å². The average molecular weight is 271 g/mol. The first-order chi connectivity index (χ1) is 8.89. The number of pyridine rings is 1. The maximum atomic E-state index is 12.9. The van der Waals surface area contributed by atoms with Crippen molar-refractivity contribution in [1.82, 2.24) is 4.98 Å². The minimum atomic E-state index is -4.50. The molecule has 1 saturated carbocycles. The van der Waals surface area contributed by atoms with Gasteiger partial charge in [-0.25, -0.2) is 0 Å². The van der Waals surface area contributed by atoms with Crippen molar-refractivity contribution in [2.24, 2.45) is 11.8 Å². The zero-order valence-corrected chi connectivity index (χ0v) is 10.7. The number of carbonyl (C=O) groups excluding carboxylic acids is 1. The third-order valence-corrected chi connectivity index (χ3v) is 3.78. The van der Waals surface area contributed by atoms with E-state index in [2.05, 4.69) is 11.9 Å². The third kappa shape index (κ3) is 3.14. The van der Waals surface area contributed by atoms with Crippen LogP contribution in [0.1, 0.15) is 48.5 Å². The van der Waals surface area contributed by atoms with Gasteiger partial charge in [0.25, 0.3) is 0 Å². The summed E-state index contributed by atoms with van der Waals surface area (Å²) in [6.45, 7) is 2.10. The zero-order valence-electron chi connectivity index (χ0n) is 10.7. The highest BCUT2D eigenvalue weighted by Gasteiger charge is 2.37. The summed E-state index contributed by atoms with van der Waals surface area (Å²) in [4.78, 5) is 15.9. The Morgan fingerprint density at radius 3 is 2.47 bits per heavy atom. The molecule has 1 aromatic heterocycles. The largest absolute Gasteiger partial charge is 0.417 e. The third-order valence-electron chi connectivity index (χ3n) is 3.78. The number of alkyl halides is 3. The van der Waals surface area contributed by atoms with Crippen molar-refractivity contribution >= 4 is 5.78 Å². The first-order valence-corrected chi connectivity index (χ1v) is 6.45. The SMILES string of the molecule is CC1CCC(C(=O)c2cnccc2C(F)(F)F)CC1. The van der Waals surface area contributed by atoms with Gasteiger partial charge in [-0.2, -0.15) is 13.2 Å². The lowest BCUT2D eigenvalue weighted by Gasteiger charge is -2.25. The number of halogens is 3. The van der Waals surface area contributed by atoms with Crippen LogP contribution in [-0.2, 0) is 6.18 Å². The fourth-order valence-electron chi connectivity index (χ4n) is 2.58. The van der Waals surface area contributed by atoms with Crippen LogP contribution >= 0.6 is 0 Å². The van der Waals surface area contributed by atoms with E-state index in [1.807, 2.05) is 0 Å². The molecule has 2 nitrogen and oxygen atoms in total. The molecular formula is C14H16F3NO. The van der Waals surface area contributed by atoms with Gasteiger partial charge in [-0.05, 0) is 24.8 Å². The van der Waals surface area contributed by atoms with Gasteiger partial charge >= 0.3 is 6.18 Å². The second kappa shape index (κ2) is 5.31. The molecule has 1 aromatic rings. The number of hydrogen-bond donors (Lipinski definition) is 0. The Bertz CT molecular complexity index is 462. The predicted octanol–water partition coefficient (Wildman–Crippen LogP) is 4.11. The van der Waals surface area contributed by atoms with Crippen LogP contribution < -0.4 is 0 Å². The van der Waals surface area contributed by atoms with E-state index in [0.717, 1.165) is 31.3 Å². The summed E-state index contributed by atoms with van der Waals surface area (Å²) >= 11 is 0. The number of ketones is 1. The summed E-state index contributed by atoms with van der Waals surface area (Å²) < 4.78 is 38.6. The monoisotopic (exact) mass is 271 g/mol. The molecule has 0 amide bonds. The topological polar surface area (TPSA) is 30.0 Å². The summed E-state index contributed by atoms with van der Waals surface area (Å²) in [7, 11) is 0. The summed E-state index contributed by atoms with van der Waals surface area (Å²) in [6.07, 6.45) is 0.760. The highest BCUT2D eigenvalue weighted by atomic mass is 19.4. The van der Waals surface area contributed by atoms with Gasteiger partial charge in [-0.1, -0.05) is 19.8 Å². The first kappa shape index (κ1) is 14.0. The zero-order chi connectivity index (χ0) is 14.0. The van der Waals surface area contributed by atoms with E-state index in [-0.39, 0.29) is 11.5 Å². The Balaban J connectivity index is 2.24. The van der Waals surface area contributed by atoms with Crippen LogP contribution in [0.15, 0.2) is 18.5 Å². The van der Waals surface area contributed by atoms with Gasteiger partial charge in [0, 0.05) is 23.9 Å². The van der Waals surface area contributed by atoms with Crippen LogP contribution in [0.5, 0.6) is 0 Å². The van der Waals surface area contributed by atoms with Gasteiger partial charge in [0.1, 0.15) is 0 Å². The molecule has 1 aliphatic carbocycles. The molecule has 19 heavy (non-hydrogen) atoms. The van der Waals surface area contributed by atoms with Crippen molar-refractivity contribution in [3.63, 3.8) is 0 Å². The van der Waals surface area contributed by atoms with E-state index in [4.69, 9.17) is 0 Å². The molecule has 104 valence electrons. The normalized spacial score (nSPS) is 24.2. The quantitative estimate of drug-likeness (QED) is 0.758. The second-order valence-electron chi connectivity index (χ2n) is 5.24. The number of Topliss-reactive ketones (excluding diaryl/α,β-unsaturated/α-hetero) is 1. The van der Waals surface area contributed by atoms with Crippen LogP contribution in [0.25, 0.3) is 0 Å². The molecule has 1 aliphatic rings. The lowest BCUT2D eigenvalue weighted by molar-refractivity contribution is -0.138. The minimum absolute atomic E-state index is 0.283. The van der Waals surface area contributed by atoms with E-state index in [1.165, 1.54) is 0 Å². The molecule has 0 bridgehead atoms. The van der Waals surface area contributed by atoms with Gasteiger partial charge in [-0.3, -0.25) is 9.78 Å². The number of rotatable bonds is 2. The maximum absolute atomic E-state index is 12.9. The number of carbonyl (C=O) groups is 1. The molecule has 0 saturated heterocycles. The first-order valence-electron chi connectivity index (χ1n) is 6.45. The minimum Gasteiger partial charge on any atom is -0.294 e. The number of aromatic nitrogens is 1. The number of hydrogen-bond acceptors (Lipinski definition) is 2. The standard InChI is InChI=1S/C14H16F3NO/c1-9-2-4-10(5-3-9)13(19)11-8-18-7-6-12(11)14(15,16)17/h6-10H,2-5H2,1H3. The summed E-state index contributed by atoms with van der Waals surface area (Å²) in [5.74, 6) is -0.145. The van der Waals surface area contributed by atoms with Crippen LogP contribution in [0.4, 0.5) is 13.2 Å². The highest BCUT2D eigenvalue weighted by Crippen LogP contribution is 2.35. The van der Waals surface area contributed by atoms with Crippen molar-refractivity contribution in [3.8, 4) is 0 Å². The van der Waals surface area contributed by atoms with Gasteiger partial charge in [0.15, 0.2) is 5.78 Å². The van der Waals surface area contributed by atoms with Gasteiger partial charge < -0.3 is 0 Å². The molecule has 0 aliphatic heterocycles. The van der Waals surface area contributed by atoms with Gasteiger partial charge in [0.2, 0.25) is 0 Å². The summed E-state index contributed by atoms with van der Waals surface area (Å²) in [5, 5.41) is 0. The molecule has 0 unspecified atom stereocenters. The van der Waals surface area contributed by atoms with Crippen LogP contribution in [-0.4, -0.2) is 10.8 Å². The highest BCUT2D eigenvalue weighted by molar-refractivity contribution is 5.99. The van der Waals surface area contributed by atoms with Gasteiger partial charge in [0.05, 0.1) is 5.56 Å². The van der Waals surface area contributed by atoms with E-state index < -0.39 is 17.5 Å². The van der Waals surface area contributed by atoms with Crippen molar-refractivity contribution in [3.05, 3.63) is 29.6 Å². The molecule has 0 aromatic carbocycles. The Morgan fingerprint density at radius 1 is 1.26 bits per heavy atom. The lowest BCUT2D eigenvalue weighted by atomic mass is 9.79. The van der Waals surface area contributed by atoms with E-state index >= 15 is 0 Å². The van der Waals surface area contributed by atoms with Crippen LogP contribution in [0, 0.1) is 11.8 Å². The fourth-order valence-corrected chi connectivity index (χ4v) is 2.58. The van der Waals surface area contributed by atoms with E-state index in [9.17, 15) is 18.0 Å². The van der Waals surface area contributed by atoms with E-state index in [1.54, 1.807) is 0 Å². The Hall–Kier alpha value is -1.39. The Kier molecular flexibility index (Phi) is 3.92. The second-order valence-corrected chi connectivity index (χ2v) is 5.24. The fraction of sp³-hybridized carbons (Fsp3) is 0.571. The summed E-state index contributed by atoms with van der Waals surface area (Å²) in [5.41, 5.74) is -1.15. The molecule has 0 atom stereocenters. The van der Waals surface area contributed by atoms with Gasteiger partial charge in [-0.15, -0.1) is 0 Å². The van der Waals surface area contributed by atoms with Crippen LogP contribution in [0.2, 0.25) is 0 Å². The van der Waals surface area contributed by atoms with Crippen molar-refractivity contribution in [2.45, 2.75) is 38.8 Å². The molecular weight excluding hydrogens is 255 g/mol. The predicted molar refractivity (Wildman–Crippen MR) is 64.7 cm³/mol. The van der Waals surface area contributed by atoms with E-state index in [0.29, 0.717) is 18.8 Å². The average Bonchev–Trinajstić information content (AvgIpc) is 2.38. The molecule has 2 rings (SSSR count). The maximum Gasteiger partial charge on any atom is 0.417 e. The molecule has 1 heterocycles. The molecule has 0 N–H and O–H groups in total. The molecule has 0 radical (unpaired) electrons. The molecule has 1 fully saturated rings. The lowest BCUT2D eigenvalue weighted by Crippen LogP contribution is -2.23. The molecule has 0 spiro atoms. The van der Waals surface area contributed by atoms with Crippen LogP contribution in [0.3, 0.4) is 0 Å². The Morgan fingerprint density at radius 2 is 1.89 bits per heavy atom. The summed E-state index contributed by atoms with van der Waals surface area (Å²) in [6, 6.07) is 0.874. The smallest absolute Gasteiger partial charge is 0.294 e. The van der Waals surface area contributed by atoms with Crippen molar-refractivity contribution in [1.29, 1.82) is 0 Å². The Labute approximate surface area is 110 Å².